The Morgan fingerprint density at radius 1 is 1.20 bits per heavy atom. The zero-order valence-electron chi connectivity index (χ0n) is 14.3. The minimum Gasteiger partial charge on any atom is -0.497 e. The lowest BCUT2D eigenvalue weighted by Gasteiger charge is -2.21. The molecule has 1 aliphatic rings. The molecule has 1 N–H and O–H groups in total. The Bertz CT molecular complexity index is 907. The molecule has 2 aromatic rings. The quantitative estimate of drug-likeness (QED) is 0.909. The van der Waals surface area contributed by atoms with Crippen LogP contribution in [0.1, 0.15) is 22.8 Å². The van der Waals surface area contributed by atoms with Gasteiger partial charge >= 0.3 is 0 Å². The van der Waals surface area contributed by atoms with E-state index in [1.54, 1.807) is 49.6 Å². The van der Waals surface area contributed by atoms with Crippen LogP contribution in [-0.4, -0.2) is 33.7 Å². The highest BCUT2D eigenvalue weighted by Gasteiger charge is 2.32. The summed E-state index contributed by atoms with van der Waals surface area (Å²) in [5.74, 6) is 0.476. The Morgan fingerprint density at radius 3 is 2.48 bits per heavy atom. The fourth-order valence-corrected chi connectivity index (χ4v) is 4.39. The number of carbonyl (C=O) groups excluding carboxylic acids is 1. The minimum absolute atomic E-state index is 0.148. The van der Waals surface area contributed by atoms with Crippen LogP contribution in [0.4, 0.5) is 11.4 Å². The normalized spacial score (nSPS) is 16.4. The fourth-order valence-electron chi connectivity index (χ4n) is 3.13. The van der Waals surface area contributed by atoms with Crippen molar-refractivity contribution in [2.24, 2.45) is 0 Å². The van der Waals surface area contributed by atoms with Crippen LogP contribution in [0.5, 0.6) is 5.75 Å². The first-order valence-corrected chi connectivity index (χ1v) is 9.72. The highest BCUT2D eigenvalue weighted by atomic mass is 32.2. The second-order valence-corrected chi connectivity index (χ2v) is 8.00. The molecule has 1 heterocycles. The van der Waals surface area contributed by atoms with E-state index in [4.69, 9.17) is 4.74 Å². The number of methoxy groups -OCH3 is 1. The Morgan fingerprint density at radius 2 is 1.88 bits per heavy atom. The monoisotopic (exact) mass is 360 g/mol. The van der Waals surface area contributed by atoms with Gasteiger partial charge in [-0.05, 0) is 61.4 Å². The Balaban J connectivity index is 1.82. The number of benzene rings is 2. The average Bonchev–Trinajstić information content (AvgIpc) is 2.90. The van der Waals surface area contributed by atoms with Gasteiger partial charge in [0.1, 0.15) is 5.75 Å². The van der Waals surface area contributed by atoms with Crippen LogP contribution < -0.4 is 14.4 Å². The van der Waals surface area contributed by atoms with Crippen molar-refractivity contribution >= 4 is 27.3 Å². The molecule has 132 valence electrons. The number of hydrogen-bond acceptors (Lipinski definition) is 4. The van der Waals surface area contributed by atoms with Gasteiger partial charge in [-0.15, -0.1) is 0 Å². The number of nitrogens with zero attached hydrogens (tertiary/aromatic N) is 1. The maximum atomic E-state index is 12.5. The summed E-state index contributed by atoms with van der Waals surface area (Å²) in [6, 6.07) is 12.0. The molecule has 0 aliphatic carbocycles. The van der Waals surface area contributed by atoms with Gasteiger partial charge in [0.25, 0.3) is 5.91 Å². The average molecular weight is 360 g/mol. The lowest BCUT2D eigenvalue weighted by Crippen LogP contribution is -2.34. The maximum Gasteiger partial charge on any atom is 0.255 e. The molecule has 7 heteroatoms. The van der Waals surface area contributed by atoms with Crippen molar-refractivity contribution in [2.45, 2.75) is 19.4 Å². The Kier molecular flexibility index (Phi) is 4.43. The predicted octanol–water partition coefficient (Wildman–Crippen LogP) is 2.66. The summed E-state index contributed by atoms with van der Waals surface area (Å²) in [4.78, 5) is 12.5. The smallest absolute Gasteiger partial charge is 0.255 e. The molecule has 1 aliphatic heterocycles. The van der Waals surface area contributed by atoms with Crippen molar-refractivity contribution in [3.63, 3.8) is 0 Å². The molecule has 0 unspecified atom stereocenters. The third kappa shape index (κ3) is 3.46. The van der Waals surface area contributed by atoms with Crippen molar-refractivity contribution in [2.75, 3.05) is 23.0 Å². The third-order valence-corrected chi connectivity index (χ3v) is 5.47. The molecule has 0 saturated heterocycles. The summed E-state index contributed by atoms with van der Waals surface area (Å²) in [5, 5.41) is 2.83. The highest BCUT2D eigenvalue weighted by molar-refractivity contribution is 7.92. The first-order valence-electron chi connectivity index (χ1n) is 7.87. The van der Waals surface area contributed by atoms with Crippen molar-refractivity contribution in [3.8, 4) is 5.75 Å². The lowest BCUT2D eigenvalue weighted by molar-refractivity contribution is 0.102. The summed E-state index contributed by atoms with van der Waals surface area (Å²) in [6.07, 6.45) is 1.79. The summed E-state index contributed by atoms with van der Waals surface area (Å²) in [5.41, 5.74) is 2.67. The molecule has 0 bridgehead atoms. The standard InChI is InChI=1S/C18H20N2O4S/c1-12-10-14-11-13(4-9-17(14)20(12)25(3,22)23)18(21)19-15-5-7-16(24-2)8-6-15/h4-9,11-12H,10H2,1-3H3,(H,19,21)/t12-/m1/s1. The number of rotatable bonds is 4. The topological polar surface area (TPSA) is 75.7 Å². The SMILES string of the molecule is COc1ccc(NC(=O)c2ccc3c(c2)C[C@@H](C)N3S(C)(=O)=O)cc1. The van der Waals surface area contributed by atoms with Crippen LogP contribution in [-0.2, 0) is 16.4 Å². The van der Waals surface area contributed by atoms with Crippen LogP contribution in [0.3, 0.4) is 0 Å². The Labute approximate surface area is 147 Å². The van der Waals surface area contributed by atoms with Gasteiger partial charge in [-0.2, -0.15) is 0 Å². The van der Waals surface area contributed by atoms with Crippen molar-refractivity contribution in [1.29, 1.82) is 0 Å². The van der Waals surface area contributed by atoms with E-state index in [1.165, 1.54) is 10.6 Å². The van der Waals surface area contributed by atoms with Crippen LogP contribution in [0.25, 0.3) is 0 Å². The predicted molar refractivity (Wildman–Crippen MR) is 97.9 cm³/mol. The van der Waals surface area contributed by atoms with Gasteiger partial charge in [0.05, 0.1) is 19.1 Å². The molecule has 0 aromatic heterocycles. The van der Waals surface area contributed by atoms with Gasteiger partial charge in [-0.1, -0.05) is 0 Å². The van der Waals surface area contributed by atoms with E-state index in [-0.39, 0.29) is 11.9 Å². The van der Waals surface area contributed by atoms with Crippen LogP contribution in [0.2, 0.25) is 0 Å². The van der Waals surface area contributed by atoms with Crippen molar-refractivity contribution in [1.82, 2.24) is 0 Å². The van der Waals surface area contributed by atoms with E-state index in [0.717, 1.165) is 5.56 Å². The Hall–Kier alpha value is -2.54. The number of hydrogen-bond donors (Lipinski definition) is 1. The fraction of sp³-hybridized carbons (Fsp3) is 0.278. The summed E-state index contributed by atoms with van der Waals surface area (Å²) in [7, 11) is -1.75. The molecular formula is C18H20N2O4S. The maximum absolute atomic E-state index is 12.5. The van der Waals surface area contributed by atoms with E-state index < -0.39 is 10.0 Å². The van der Waals surface area contributed by atoms with Gasteiger partial charge in [-0.3, -0.25) is 9.10 Å². The van der Waals surface area contributed by atoms with E-state index in [9.17, 15) is 13.2 Å². The summed E-state index contributed by atoms with van der Waals surface area (Å²) >= 11 is 0. The zero-order chi connectivity index (χ0) is 18.2. The van der Waals surface area contributed by atoms with Gasteiger partial charge in [0, 0.05) is 17.3 Å². The van der Waals surface area contributed by atoms with Gasteiger partial charge < -0.3 is 10.1 Å². The van der Waals surface area contributed by atoms with Crippen LogP contribution in [0, 0.1) is 0 Å². The van der Waals surface area contributed by atoms with Crippen molar-refractivity contribution in [3.05, 3.63) is 53.6 Å². The number of fused-ring (bicyclic) bond motifs is 1. The molecule has 0 fully saturated rings. The number of nitrogens with one attached hydrogen (secondary N) is 1. The number of sulfonamides is 1. The van der Waals surface area contributed by atoms with E-state index in [2.05, 4.69) is 5.32 Å². The number of carbonyl (C=O) groups is 1. The molecule has 1 amide bonds. The number of anilines is 2. The van der Waals surface area contributed by atoms with Gasteiger partial charge in [0.2, 0.25) is 10.0 Å². The highest BCUT2D eigenvalue weighted by Crippen LogP contribution is 2.34. The minimum atomic E-state index is -3.33. The summed E-state index contributed by atoms with van der Waals surface area (Å²) in [6.45, 7) is 1.86. The van der Waals surface area contributed by atoms with E-state index >= 15 is 0 Å². The van der Waals surface area contributed by atoms with Gasteiger partial charge in [0.15, 0.2) is 0 Å². The van der Waals surface area contributed by atoms with E-state index in [0.29, 0.717) is 29.1 Å². The van der Waals surface area contributed by atoms with Crippen LogP contribution in [0.15, 0.2) is 42.5 Å². The largest absolute Gasteiger partial charge is 0.497 e. The lowest BCUT2D eigenvalue weighted by atomic mass is 10.1. The second-order valence-electron chi connectivity index (χ2n) is 6.14. The molecule has 25 heavy (non-hydrogen) atoms. The third-order valence-electron chi connectivity index (χ3n) is 4.20. The molecule has 6 nitrogen and oxygen atoms in total. The second kappa shape index (κ2) is 6.40. The van der Waals surface area contributed by atoms with Gasteiger partial charge in [-0.25, -0.2) is 8.42 Å². The van der Waals surface area contributed by atoms with E-state index in [1.807, 2.05) is 6.92 Å². The first-order chi connectivity index (χ1) is 11.8. The first kappa shape index (κ1) is 17.3. The number of ether oxygens (including phenoxy) is 1. The van der Waals surface area contributed by atoms with Crippen LogP contribution >= 0.6 is 0 Å². The molecule has 3 rings (SSSR count). The molecule has 0 saturated carbocycles. The zero-order valence-corrected chi connectivity index (χ0v) is 15.1. The molecule has 2 aromatic carbocycles. The summed E-state index contributed by atoms with van der Waals surface area (Å²) < 4.78 is 30.4. The van der Waals surface area contributed by atoms with Crippen molar-refractivity contribution < 1.29 is 17.9 Å². The molecule has 0 radical (unpaired) electrons. The number of amides is 1. The molecular weight excluding hydrogens is 340 g/mol. The molecule has 0 spiro atoms. The molecule has 1 atom stereocenters.